The molecule has 2 atom stereocenters. The Balaban J connectivity index is 2.14. The Kier molecular flexibility index (Phi) is 4.33. The molecule has 118 valence electrons. The van der Waals surface area contributed by atoms with E-state index in [1.54, 1.807) is 25.1 Å². The van der Waals surface area contributed by atoms with Gasteiger partial charge in [-0.15, -0.1) is 0 Å². The lowest BCUT2D eigenvalue weighted by molar-refractivity contribution is 0.224. The second kappa shape index (κ2) is 6.41. The summed E-state index contributed by atoms with van der Waals surface area (Å²) < 4.78 is 26.4. The van der Waals surface area contributed by atoms with Gasteiger partial charge in [-0.1, -0.05) is 30.3 Å². The normalized spacial score (nSPS) is 13.8. The first-order chi connectivity index (χ1) is 11.1. The van der Waals surface area contributed by atoms with Crippen LogP contribution in [0.1, 0.15) is 18.6 Å². The van der Waals surface area contributed by atoms with Gasteiger partial charge in [0, 0.05) is 0 Å². The number of fused-ring (bicyclic) bond motifs is 1. The summed E-state index contributed by atoms with van der Waals surface area (Å²) in [5.41, 5.74) is 2.69. The third-order valence-corrected chi connectivity index (χ3v) is 4.02. The van der Waals surface area contributed by atoms with Crippen LogP contribution in [0, 0.1) is 0 Å². The highest BCUT2D eigenvalue weighted by atomic mass is 32.2. The largest absolute Gasteiger partial charge is 0.750 e. The predicted molar refractivity (Wildman–Crippen MR) is 86.2 cm³/mol. The molecule has 0 aliphatic rings. The van der Waals surface area contributed by atoms with Crippen molar-refractivity contribution < 1.29 is 12.9 Å². The minimum atomic E-state index is -2.60. The first-order valence-corrected chi connectivity index (χ1v) is 7.89. The van der Waals surface area contributed by atoms with E-state index in [-0.39, 0.29) is 5.56 Å². The fraction of sp³-hybridized carbons (Fsp3) is 0.125. The van der Waals surface area contributed by atoms with Crippen molar-refractivity contribution in [1.82, 2.24) is 9.97 Å². The van der Waals surface area contributed by atoms with Crippen molar-refractivity contribution in [2.45, 2.75) is 13.0 Å². The standard InChI is InChI=1S/C16H14N2O4S/c1-10(22-23(20)21)12-4-2-3-5-13(12)11-6-7-15-14(8-11)16(19)18-9-17-15/h2-10H,1H3,(H,20,21)(H,17,18,19)/p-1. The van der Waals surface area contributed by atoms with Crippen LogP contribution in [0.5, 0.6) is 0 Å². The number of nitrogens with zero attached hydrogens (tertiary/aromatic N) is 1. The zero-order valence-corrected chi connectivity index (χ0v) is 13.0. The molecule has 0 saturated carbocycles. The number of benzene rings is 2. The van der Waals surface area contributed by atoms with Crippen LogP contribution < -0.4 is 5.56 Å². The lowest BCUT2D eigenvalue weighted by Crippen LogP contribution is -2.07. The van der Waals surface area contributed by atoms with Gasteiger partial charge < -0.3 is 9.54 Å². The van der Waals surface area contributed by atoms with Gasteiger partial charge in [-0.05, 0) is 35.7 Å². The van der Waals surface area contributed by atoms with Crippen molar-refractivity contribution >= 4 is 22.3 Å². The first kappa shape index (κ1) is 15.5. The Morgan fingerprint density at radius 3 is 2.83 bits per heavy atom. The number of H-pyrrole nitrogens is 1. The maximum atomic E-state index is 11.9. The summed E-state index contributed by atoms with van der Waals surface area (Å²) in [4.78, 5) is 18.6. The first-order valence-electron chi connectivity index (χ1n) is 6.89. The fourth-order valence-corrected chi connectivity index (χ4v) is 2.86. The van der Waals surface area contributed by atoms with Gasteiger partial charge in [-0.3, -0.25) is 8.98 Å². The van der Waals surface area contributed by atoms with Crippen molar-refractivity contribution in [3.8, 4) is 11.1 Å². The zero-order valence-electron chi connectivity index (χ0n) is 12.2. The molecule has 1 aromatic heterocycles. The molecular weight excluding hydrogens is 316 g/mol. The molecule has 1 N–H and O–H groups in total. The summed E-state index contributed by atoms with van der Waals surface area (Å²) in [5, 5.41) is 0.473. The quantitative estimate of drug-likeness (QED) is 0.742. The minimum absolute atomic E-state index is 0.223. The van der Waals surface area contributed by atoms with Crippen LogP contribution in [0.2, 0.25) is 0 Å². The Morgan fingerprint density at radius 1 is 1.26 bits per heavy atom. The highest BCUT2D eigenvalue weighted by Gasteiger charge is 2.13. The molecule has 0 aliphatic carbocycles. The van der Waals surface area contributed by atoms with Gasteiger partial charge in [0.2, 0.25) is 0 Å². The summed E-state index contributed by atoms with van der Waals surface area (Å²) in [7, 11) is 0. The van der Waals surface area contributed by atoms with Crippen LogP contribution in [0.15, 0.2) is 53.6 Å². The van der Waals surface area contributed by atoms with Gasteiger partial charge in [0.25, 0.3) is 5.56 Å². The molecule has 0 radical (unpaired) electrons. The van der Waals surface area contributed by atoms with E-state index in [0.29, 0.717) is 10.9 Å². The van der Waals surface area contributed by atoms with Crippen LogP contribution in [-0.4, -0.2) is 18.7 Å². The summed E-state index contributed by atoms with van der Waals surface area (Å²) in [6, 6.07) is 12.6. The Labute approximate surface area is 134 Å². The monoisotopic (exact) mass is 329 g/mol. The van der Waals surface area contributed by atoms with Crippen molar-refractivity contribution in [2.24, 2.45) is 0 Å². The van der Waals surface area contributed by atoms with E-state index < -0.39 is 17.5 Å². The number of hydrogen-bond acceptors (Lipinski definition) is 5. The lowest BCUT2D eigenvalue weighted by Gasteiger charge is -2.18. The van der Waals surface area contributed by atoms with Crippen LogP contribution >= 0.6 is 0 Å². The van der Waals surface area contributed by atoms with Gasteiger partial charge in [0.1, 0.15) is 0 Å². The highest BCUT2D eigenvalue weighted by Crippen LogP contribution is 2.31. The zero-order chi connectivity index (χ0) is 16.4. The van der Waals surface area contributed by atoms with Gasteiger partial charge in [-0.2, -0.15) is 0 Å². The Bertz CT molecular complexity index is 939. The number of nitrogens with one attached hydrogen (secondary N) is 1. The van der Waals surface area contributed by atoms with Crippen LogP contribution in [0.3, 0.4) is 0 Å². The number of rotatable bonds is 4. The maximum Gasteiger partial charge on any atom is 0.258 e. The molecule has 2 unspecified atom stereocenters. The molecule has 0 fully saturated rings. The average molecular weight is 329 g/mol. The van der Waals surface area contributed by atoms with Crippen molar-refractivity contribution in [2.75, 3.05) is 0 Å². The van der Waals surface area contributed by atoms with E-state index in [4.69, 9.17) is 4.18 Å². The molecule has 0 saturated heterocycles. The SMILES string of the molecule is CC(OS(=O)[O-])c1ccccc1-c1ccc2nc[nH]c(=O)c2c1. The van der Waals surface area contributed by atoms with Gasteiger partial charge in [0.05, 0.1) is 34.7 Å². The van der Waals surface area contributed by atoms with Gasteiger partial charge >= 0.3 is 0 Å². The molecule has 3 aromatic rings. The van der Waals surface area contributed by atoms with Crippen LogP contribution in [0.25, 0.3) is 22.0 Å². The average Bonchev–Trinajstić information content (AvgIpc) is 2.54. The summed E-state index contributed by atoms with van der Waals surface area (Å²) >= 11 is -2.60. The number of aromatic nitrogens is 2. The minimum Gasteiger partial charge on any atom is -0.750 e. The molecule has 0 aliphatic heterocycles. The number of aromatic amines is 1. The topological polar surface area (TPSA) is 95.1 Å². The molecule has 23 heavy (non-hydrogen) atoms. The number of hydrogen-bond donors (Lipinski definition) is 1. The highest BCUT2D eigenvalue weighted by molar-refractivity contribution is 7.74. The van der Waals surface area contributed by atoms with E-state index in [0.717, 1.165) is 16.7 Å². The summed E-state index contributed by atoms with van der Waals surface area (Å²) in [6.45, 7) is 1.66. The third-order valence-electron chi connectivity index (χ3n) is 3.57. The predicted octanol–water partition coefficient (Wildman–Crippen LogP) is 2.46. The molecule has 1 heterocycles. The summed E-state index contributed by atoms with van der Waals surface area (Å²) in [5.74, 6) is 0. The van der Waals surface area contributed by atoms with Crippen molar-refractivity contribution in [1.29, 1.82) is 0 Å². The second-order valence-corrected chi connectivity index (χ2v) is 5.59. The molecule has 0 bridgehead atoms. The van der Waals surface area contributed by atoms with Gasteiger partial charge in [-0.25, -0.2) is 9.19 Å². The van der Waals surface area contributed by atoms with Crippen molar-refractivity contribution in [3.05, 3.63) is 64.7 Å². The molecule has 6 nitrogen and oxygen atoms in total. The van der Waals surface area contributed by atoms with Crippen molar-refractivity contribution in [3.63, 3.8) is 0 Å². The third kappa shape index (κ3) is 3.21. The lowest BCUT2D eigenvalue weighted by atomic mass is 9.96. The second-order valence-electron chi connectivity index (χ2n) is 4.99. The molecule has 0 spiro atoms. The molecular formula is C16H13N2O4S-. The maximum absolute atomic E-state index is 11.9. The Morgan fingerprint density at radius 2 is 2.04 bits per heavy atom. The molecule has 7 heteroatoms. The van der Waals surface area contributed by atoms with Gasteiger partial charge in [0.15, 0.2) is 0 Å². The van der Waals surface area contributed by atoms with E-state index in [2.05, 4.69) is 9.97 Å². The van der Waals surface area contributed by atoms with E-state index >= 15 is 0 Å². The smallest absolute Gasteiger partial charge is 0.258 e. The summed E-state index contributed by atoms with van der Waals surface area (Å²) in [6.07, 6.45) is 0.727. The molecule has 0 amide bonds. The fourth-order valence-electron chi connectivity index (χ4n) is 2.52. The van der Waals surface area contributed by atoms with E-state index in [1.807, 2.05) is 24.3 Å². The van der Waals surface area contributed by atoms with Crippen LogP contribution in [-0.2, 0) is 15.5 Å². The van der Waals surface area contributed by atoms with Crippen LogP contribution in [0.4, 0.5) is 0 Å². The Hall–Kier alpha value is -2.35. The molecule has 2 aromatic carbocycles. The van der Waals surface area contributed by atoms with E-state index in [9.17, 15) is 13.6 Å². The molecule has 3 rings (SSSR count). The van der Waals surface area contributed by atoms with E-state index in [1.165, 1.54) is 6.33 Å².